The maximum absolute atomic E-state index is 5.35. The van der Waals surface area contributed by atoms with E-state index in [-0.39, 0.29) is 0 Å². The molecule has 0 spiro atoms. The van der Waals surface area contributed by atoms with Gasteiger partial charge in [-0.05, 0) is 26.2 Å². The van der Waals surface area contributed by atoms with Gasteiger partial charge in [-0.1, -0.05) is 0 Å². The van der Waals surface area contributed by atoms with Gasteiger partial charge >= 0.3 is 0 Å². The molecule has 1 aromatic heterocycles. The van der Waals surface area contributed by atoms with Gasteiger partial charge < -0.3 is 10.1 Å². The zero-order valence-corrected chi connectivity index (χ0v) is 10.1. The van der Waals surface area contributed by atoms with Crippen molar-refractivity contribution in [1.82, 2.24) is 10.3 Å². The molecule has 4 heteroatoms. The molecule has 2 unspecified atom stereocenters. The molecule has 1 N–H and O–H groups in total. The number of nitrogens with one attached hydrogen (secondary N) is 1. The Morgan fingerprint density at radius 1 is 1.73 bits per heavy atom. The summed E-state index contributed by atoms with van der Waals surface area (Å²) in [6, 6.07) is 0.357. The Hall–Kier alpha value is -0.450. The van der Waals surface area contributed by atoms with E-state index in [0.717, 1.165) is 30.5 Å². The first-order valence-corrected chi connectivity index (χ1v) is 6.37. The Labute approximate surface area is 94.9 Å². The number of aryl methyl sites for hydroxylation is 1. The predicted octanol–water partition coefficient (Wildman–Crippen LogP) is 2.14. The van der Waals surface area contributed by atoms with Gasteiger partial charge in [0.1, 0.15) is 0 Å². The van der Waals surface area contributed by atoms with Gasteiger partial charge in [0, 0.05) is 24.6 Å². The van der Waals surface area contributed by atoms with E-state index < -0.39 is 0 Å². The number of hydrogen-bond acceptors (Lipinski definition) is 4. The molecule has 0 aliphatic carbocycles. The molecule has 0 amide bonds. The fraction of sp³-hybridized carbons (Fsp3) is 0.727. The van der Waals surface area contributed by atoms with E-state index in [1.54, 1.807) is 11.3 Å². The minimum absolute atomic E-state index is 0.357. The van der Waals surface area contributed by atoms with E-state index in [0.29, 0.717) is 12.0 Å². The Kier molecular flexibility index (Phi) is 3.72. The lowest BCUT2D eigenvalue weighted by Gasteiger charge is -2.14. The van der Waals surface area contributed by atoms with Crippen LogP contribution in [0.3, 0.4) is 0 Å². The van der Waals surface area contributed by atoms with Crippen molar-refractivity contribution in [2.45, 2.75) is 26.3 Å². The Balaban J connectivity index is 1.79. The van der Waals surface area contributed by atoms with Gasteiger partial charge in [0.25, 0.3) is 0 Å². The summed E-state index contributed by atoms with van der Waals surface area (Å²) in [6.07, 6.45) is 1.19. The van der Waals surface area contributed by atoms with E-state index >= 15 is 0 Å². The standard InChI is InChI=1S/C11H18N2OS/c1-8(11-7-15-9(2)13-11)12-5-10-3-4-14-6-10/h7-8,10,12H,3-6H2,1-2H3. The highest BCUT2D eigenvalue weighted by Crippen LogP contribution is 2.17. The number of hydrogen-bond donors (Lipinski definition) is 1. The second kappa shape index (κ2) is 5.05. The second-order valence-electron chi connectivity index (χ2n) is 4.15. The highest BCUT2D eigenvalue weighted by Gasteiger charge is 2.17. The quantitative estimate of drug-likeness (QED) is 0.854. The van der Waals surface area contributed by atoms with Crippen LogP contribution < -0.4 is 5.32 Å². The number of ether oxygens (including phenoxy) is 1. The molecule has 15 heavy (non-hydrogen) atoms. The van der Waals surface area contributed by atoms with E-state index in [4.69, 9.17) is 4.74 Å². The number of aromatic nitrogens is 1. The van der Waals surface area contributed by atoms with E-state index in [1.165, 1.54) is 6.42 Å². The van der Waals surface area contributed by atoms with Gasteiger partial charge in [-0.2, -0.15) is 0 Å². The van der Waals surface area contributed by atoms with Crippen LogP contribution in [-0.2, 0) is 4.74 Å². The van der Waals surface area contributed by atoms with Crippen LogP contribution in [0.5, 0.6) is 0 Å². The molecule has 2 atom stereocenters. The predicted molar refractivity (Wildman–Crippen MR) is 62.2 cm³/mol. The largest absolute Gasteiger partial charge is 0.381 e. The smallest absolute Gasteiger partial charge is 0.0898 e. The summed E-state index contributed by atoms with van der Waals surface area (Å²) in [4.78, 5) is 4.48. The van der Waals surface area contributed by atoms with Crippen LogP contribution in [0.25, 0.3) is 0 Å². The van der Waals surface area contributed by atoms with Gasteiger partial charge in [-0.25, -0.2) is 4.98 Å². The first-order valence-electron chi connectivity index (χ1n) is 5.49. The van der Waals surface area contributed by atoms with Gasteiger partial charge in [0.2, 0.25) is 0 Å². The molecular formula is C11H18N2OS. The summed E-state index contributed by atoms with van der Waals surface area (Å²) >= 11 is 1.72. The summed E-state index contributed by atoms with van der Waals surface area (Å²) in [5, 5.41) is 6.80. The van der Waals surface area contributed by atoms with Crippen molar-refractivity contribution in [3.8, 4) is 0 Å². The Bertz CT molecular complexity index is 307. The summed E-state index contributed by atoms with van der Waals surface area (Å²) in [5.74, 6) is 0.687. The van der Waals surface area contributed by atoms with Crippen LogP contribution >= 0.6 is 11.3 Å². The summed E-state index contributed by atoms with van der Waals surface area (Å²) in [7, 11) is 0. The fourth-order valence-electron chi connectivity index (χ4n) is 1.77. The second-order valence-corrected chi connectivity index (χ2v) is 5.21. The molecule has 1 fully saturated rings. The first-order chi connectivity index (χ1) is 7.25. The lowest BCUT2D eigenvalue weighted by Crippen LogP contribution is -2.26. The van der Waals surface area contributed by atoms with E-state index in [2.05, 4.69) is 22.6 Å². The van der Waals surface area contributed by atoms with Crippen molar-refractivity contribution in [2.24, 2.45) is 5.92 Å². The summed E-state index contributed by atoms with van der Waals surface area (Å²) in [6.45, 7) is 7.10. The summed E-state index contributed by atoms with van der Waals surface area (Å²) < 4.78 is 5.35. The van der Waals surface area contributed by atoms with Crippen LogP contribution in [0.1, 0.15) is 30.1 Å². The molecule has 0 radical (unpaired) electrons. The van der Waals surface area contributed by atoms with Crippen LogP contribution in [0.4, 0.5) is 0 Å². The molecule has 0 saturated carbocycles. The van der Waals surface area contributed by atoms with Crippen molar-refractivity contribution < 1.29 is 4.74 Å². The number of nitrogens with zero attached hydrogens (tertiary/aromatic N) is 1. The Morgan fingerprint density at radius 3 is 3.20 bits per heavy atom. The number of thiazole rings is 1. The van der Waals surface area contributed by atoms with Crippen molar-refractivity contribution in [1.29, 1.82) is 0 Å². The normalized spacial score (nSPS) is 23.2. The minimum Gasteiger partial charge on any atom is -0.381 e. The highest BCUT2D eigenvalue weighted by molar-refractivity contribution is 7.09. The maximum atomic E-state index is 5.35. The third kappa shape index (κ3) is 3.00. The third-order valence-corrected chi connectivity index (χ3v) is 3.61. The van der Waals surface area contributed by atoms with Gasteiger partial charge in [-0.15, -0.1) is 11.3 Å². The molecule has 3 nitrogen and oxygen atoms in total. The van der Waals surface area contributed by atoms with Crippen LogP contribution in [0, 0.1) is 12.8 Å². The van der Waals surface area contributed by atoms with Gasteiger partial charge in [0.15, 0.2) is 0 Å². The molecule has 0 aromatic carbocycles. The molecule has 1 saturated heterocycles. The molecule has 1 aliphatic heterocycles. The monoisotopic (exact) mass is 226 g/mol. The first kappa shape index (κ1) is 11.0. The van der Waals surface area contributed by atoms with Crippen molar-refractivity contribution in [3.05, 3.63) is 16.1 Å². The minimum atomic E-state index is 0.357. The SMILES string of the molecule is Cc1nc(C(C)NCC2CCOC2)cs1. The zero-order valence-electron chi connectivity index (χ0n) is 9.32. The molecular weight excluding hydrogens is 208 g/mol. The molecule has 0 bridgehead atoms. The van der Waals surface area contributed by atoms with Crippen LogP contribution in [0.15, 0.2) is 5.38 Å². The fourth-order valence-corrected chi connectivity index (χ4v) is 2.48. The van der Waals surface area contributed by atoms with E-state index in [9.17, 15) is 0 Å². The van der Waals surface area contributed by atoms with E-state index in [1.807, 2.05) is 6.92 Å². The molecule has 2 rings (SSSR count). The molecule has 2 heterocycles. The van der Waals surface area contributed by atoms with Gasteiger partial charge in [-0.3, -0.25) is 0 Å². The topological polar surface area (TPSA) is 34.2 Å². The average Bonchev–Trinajstić information content (AvgIpc) is 2.84. The molecule has 84 valence electrons. The lowest BCUT2D eigenvalue weighted by atomic mass is 10.1. The molecule has 1 aromatic rings. The van der Waals surface area contributed by atoms with Crippen LogP contribution in [-0.4, -0.2) is 24.7 Å². The zero-order chi connectivity index (χ0) is 10.7. The van der Waals surface area contributed by atoms with Crippen LogP contribution in [0.2, 0.25) is 0 Å². The van der Waals surface area contributed by atoms with Crippen molar-refractivity contribution in [2.75, 3.05) is 19.8 Å². The highest BCUT2D eigenvalue weighted by atomic mass is 32.1. The van der Waals surface area contributed by atoms with Gasteiger partial charge in [0.05, 0.1) is 17.3 Å². The maximum Gasteiger partial charge on any atom is 0.0898 e. The lowest BCUT2D eigenvalue weighted by molar-refractivity contribution is 0.184. The third-order valence-electron chi connectivity index (χ3n) is 2.82. The van der Waals surface area contributed by atoms with Crippen molar-refractivity contribution in [3.63, 3.8) is 0 Å². The van der Waals surface area contributed by atoms with Crippen molar-refractivity contribution >= 4 is 11.3 Å². The average molecular weight is 226 g/mol. The summed E-state index contributed by atoms with van der Waals surface area (Å²) in [5.41, 5.74) is 1.16. The number of rotatable bonds is 4. The molecule has 1 aliphatic rings. The Morgan fingerprint density at radius 2 is 2.60 bits per heavy atom.